The fourth-order valence-electron chi connectivity index (χ4n) is 2.66. The van der Waals surface area contributed by atoms with E-state index in [-0.39, 0.29) is 12.0 Å². The van der Waals surface area contributed by atoms with Gasteiger partial charge in [0.25, 0.3) is 5.91 Å². The second-order valence-electron chi connectivity index (χ2n) is 6.14. The number of carbonyl (C=O) groups excluding carboxylic acids is 2. The van der Waals surface area contributed by atoms with E-state index in [9.17, 15) is 9.59 Å². The maximum atomic E-state index is 12.6. The zero-order valence-corrected chi connectivity index (χ0v) is 14.4. The predicted molar refractivity (Wildman–Crippen MR) is 84.7 cm³/mol. The monoisotopic (exact) mass is 337 g/mol. The average Bonchev–Trinajstić information content (AvgIpc) is 2.53. The summed E-state index contributed by atoms with van der Waals surface area (Å²) in [6.45, 7) is 5.48. The minimum absolute atomic E-state index is 0.197. The maximum Gasteiger partial charge on any atom is 0.303 e. The highest BCUT2D eigenvalue weighted by molar-refractivity contribution is 5.86. The fraction of sp³-hybridized carbons (Fsp3) is 0.625. The van der Waals surface area contributed by atoms with Gasteiger partial charge in [-0.15, -0.1) is 0 Å². The van der Waals surface area contributed by atoms with E-state index in [4.69, 9.17) is 14.2 Å². The van der Waals surface area contributed by atoms with E-state index in [1.54, 1.807) is 18.7 Å². The van der Waals surface area contributed by atoms with Crippen LogP contribution < -0.4 is 9.47 Å². The van der Waals surface area contributed by atoms with Crippen LogP contribution in [0.15, 0.2) is 12.4 Å². The first-order valence-corrected chi connectivity index (χ1v) is 7.83. The number of ether oxygens (including phenoxy) is 3. The summed E-state index contributed by atoms with van der Waals surface area (Å²) in [4.78, 5) is 33.6. The Labute approximate surface area is 141 Å². The molecule has 2 rings (SSSR count). The van der Waals surface area contributed by atoms with Crippen molar-refractivity contribution >= 4 is 11.9 Å². The van der Waals surface area contributed by atoms with Crippen LogP contribution in [0.4, 0.5) is 0 Å². The average molecular weight is 337 g/mol. The van der Waals surface area contributed by atoms with Crippen LogP contribution in [0.3, 0.4) is 0 Å². The summed E-state index contributed by atoms with van der Waals surface area (Å²) in [7, 11) is 1.51. The molecule has 1 aliphatic heterocycles. The van der Waals surface area contributed by atoms with E-state index in [0.29, 0.717) is 24.8 Å². The second-order valence-corrected chi connectivity index (χ2v) is 6.14. The number of nitrogens with zero attached hydrogens (tertiary/aromatic N) is 3. The molecule has 0 aromatic carbocycles. The highest BCUT2D eigenvalue weighted by Gasteiger charge is 2.37. The van der Waals surface area contributed by atoms with E-state index < -0.39 is 11.6 Å². The smallest absolute Gasteiger partial charge is 0.303 e. The van der Waals surface area contributed by atoms with Gasteiger partial charge < -0.3 is 19.1 Å². The molecule has 0 N–H and O–H groups in total. The number of hydrogen-bond acceptors (Lipinski definition) is 7. The molecule has 1 atom stereocenters. The second kappa shape index (κ2) is 7.46. The van der Waals surface area contributed by atoms with Crippen LogP contribution >= 0.6 is 0 Å². The molecule has 8 nitrogen and oxygen atoms in total. The van der Waals surface area contributed by atoms with Gasteiger partial charge in [-0.3, -0.25) is 14.6 Å². The molecule has 1 aliphatic rings. The molecule has 0 bridgehead atoms. The molecule has 0 spiro atoms. The van der Waals surface area contributed by atoms with Gasteiger partial charge >= 0.3 is 5.97 Å². The molecule has 0 aliphatic carbocycles. The molecule has 0 saturated carbocycles. The van der Waals surface area contributed by atoms with Crippen LogP contribution in [-0.2, 0) is 14.3 Å². The van der Waals surface area contributed by atoms with Gasteiger partial charge in [-0.2, -0.15) is 4.98 Å². The zero-order valence-electron chi connectivity index (χ0n) is 14.4. The summed E-state index contributed by atoms with van der Waals surface area (Å²) in [5.41, 5.74) is -1.19. The van der Waals surface area contributed by atoms with Gasteiger partial charge in [-0.1, -0.05) is 0 Å². The van der Waals surface area contributed by atoms with Crippen molar-refractivity contribution in [1.29, 1.82) is 0 Å². The number of amides is 1. The quantitative estimate of drug-likeness (QED) is 0.746. The van der Waals surface area contributed by atoms with Crippen LogP contribution in [0.25, 0.3) is 0 Å². The number of methoxy groups -OCH3 is 1. The molecule has 1 amide bonds. The summed E-state index contributed by atoms with van der Waals surface area (Å²) in [6.07, 6.45) is 4.40. The first-order valence-electron chi connectivity index (χ1n) is 7.83. The molecule has 1 aromatic heterocycles. The van der Waals surface area contributed by atoms with Gasteiger partial charge in [-0.25, -0.2) is 0 Å². The van der Waals surface area contributed by atoms with Crippen LogP contribution in [0.1, 0.15) is 33.6 Å². The molecule has 1 saturated heterocycles. The number of piperidine rings is 1. The standard InChI is InChI=1S/C16H23N3O5/c1-11(20)24-16(2,3)15(21)19-7-5-6-12(10-19)23-14-9-17-8-13(18-14)22-4/h8-9,12H,5-7,10H2,1-4H3. The minimum Gasteiger partial charge on any atom is -0.480 e. The van der Waals surface area contributed by atoms with Gasteiger partial charge in [-0.05, 0) is 26.7 Å². The number of carbonyl (C=O) groups is 2. The van der Waals surface area contributed by atoms with Crippen molar-refractivity contribution in [2.24, 2.45) is 0 Å². The van der Waals surface area contributed by atoms with Crippen molar-refractivity contribution in [2.45, 2.75) is 45.3 Å². The normalized spacial score (nSPS) is 18.0. The lowest BCUT2D eigenvalue weighted by Gasteiger charge is -2.36. The van der Waals surface area contributed by atoms with Gasteiger partial charge in [0.15, 0.2) is 5.60 Å². The maximum absolute atomic E-state index is 12.6. The van der Waals surface area contributed by atoms with E-state index in [0.717, 1.165) is 12.8 Å². The van der Waals surface area contributed by atoms with Crippen molar-refractivity contribution in [1.82, 2.24) is 14.9 Å². The first kappa shape index (κ1) is 18.0. The van der Waals surface area contributed by atoms with E-state index >= 15 is 0 Å². The van der Waals surface area contributed by atoms with Crippen LogP contribution in [0.5, 0.6) is 11.8 Å². The van der Waals surface area contributed by atoms with Crippen LogP contribution in [0.2, 0.25) is 0 Å². The number of esters is 1. The fourth-order valence-corrected chi connectivity index (χ4v) is 2.66. The van der Waals surface area contributed by atoms with E-state index in [1.807, 2.05) is 0 Å². The van der Waals surface area contributed by atoms with Crippen molar-refractivity contribution in [3.05, 3.63) is 12.4 Å². The Morgan fingerprint density at radius 3 is 2.67 bits per heavy atom. The SMILES string of the molecule is COc1cncc(OC2CCCN(C(=O)C(C)(C)OC(C)=O)C2)n1. The lowest BCUT2D eigenvalue weighted by molar-refractivity contribution is -0.169. The first-order chi connectivity index (χ1) is 11.3. The Morgan fingerprint density at radius 2 is 2.00 bits per heavy atom. The van der Waals surface area contributed by atoms with Gasteiger partial charge in [0.1, 0.15) is 6.10 Å². The summed E-state index contributed by atoms with van der Waals surface area (Å²) in [6, 6.07) is 0. The summed E-state index contributed by atoms with van der Waals surface area (Å²) < 4.78 is 16.0. The lowest BCUT2D eigenvalue weighted by atomic mass is 10.0. The topological polar surface area (TPSA) is 90.9 Å². The number of hydrogen-bond donors (Lipinski definition) is 0. The summed E-state index contributed by atoms with van der Waals surface area (Å²) in [5, 5.41) is 0. The Bertz CT molecular complexity index is 605. The lowest BCUT2D eigenvalue weighted by Crippen LogP contribution is -2.53. The van der Waals surface area contributed by atoms with Crippen molar-refractivity contribution in [3.8, 4) is 11.8 Å². The molecule has 2 heterocycles. The molecular formula is C16H23N3O5. The molecule has 1 unspecified atom stereocenters. The third-order valence-electron chi connectivity index (χ3n) is 3.67. The van der Waals surface area contributed by atoms with Crippen molar-refractivity contribution in [3.63, 3.8) is 0 Å². The Balaban J connectivity index is 2.00. The zero-order chi connectivity index (χ0) is 17.7. The van der Waals surface area contributed by atoms with E-state index in [2.05, 4.69) is 9.97 Å². The summed E-state index contributed by atoms with van der Waals surface area (Å²) in [5.74, 6) is 0.00710. The Hall–Kier alpha value is -2.38. The van der Waals surface area contributed by atoms with Crippen molar-refractivity contribution in [2.75, 3.05) is 20.2 Å². The van der Waals surface area contributed by atoms with Crippen molar-refractivity contribution < 1.29 is 23.8 Å². The molecule has 24 heavy (non-hydrogen) atoms. The highest BCUT2D eigenvalue weighted by atomic mass is 16.6. The Morgan fingerprint density at radius 1 is 1.29 bits per heavy atom. The Kier molecular flexibility index (Phi) is 5.58. The summed E-state index contributed by atoms with van der Waals surface area (Å²) >= 11 is 0. The number of likely N-dealkylation sites (tertiary alicyclic amines) is 1. The van der Waals surface area contributed by atoms with E-state index in [1.165, 1.54) is 26.4 Å². The van der Waals surface area contributed by atoms with Crippen LogP contribution in [0, 0.1) is 0 Å². The van der Waals surface area contributed by atoms with Gasteiger partial charge in [0, 0.05) is 13.5 Å². The molecule has 1 aromatic rings. The molecule has 8 heteroatoms. The van der Waals surface area contributed by atoms with Gasteiger partial charge in [0.05, 0.1) is 26.0 Å². The molecular weight excluding hydrogens is 314 g/mol. The third kappa shape index (κ3) is 4.56. The third-order valence-corrected chi connectivity index (χ3v) is 3.67. The number of aromatic nitrogens is 2. The van der Waals surface area contributed by atoms with Gasteiger partial charge in [0.2, 0.25) is 11.8 Å². The number of rotatable bonds is 5. The molecule has 1 fully saturated rings. The molecule has 132 valence electrons. The minimum atomic E-state index is -1.19. The highest BCUT2D eigenvalue weighted by Crippen LogP contribution is 2.21. The largest absolute Gasteiger partial charge is 0.480 e. The predicted octanol–water partition coefficient (Wildman–Crippen LogP) is 1.20. The van der Waals surface area contributed by atoms with Crippen LogP contribution in [-0.4, -0.2) is 58.6 Å². The molecule has 0 radical (unpaired) electrons.